The average Bonchev–Trinajstić information content (AvgIpc) is 3.47. The lowest BCUT2D eigenvalue weighted by Gasteiger charge is -2.18. The van der Waals surface area contributed by atoms with Crippen LogP contribution in [0.15, 0.2) is 109 Å². The monoisotopic (exact) mass is 1140 g/mol. The second-order valence-corrected chi connectivity index (χ2v) is 23.0. The minimum atomic E-state index is -0.776. The molecule has 1 unspecified atom stereocenters. The van der Waals surface area contributed by atoms with Gasteiger partial charge in [-0.1, -0.05) is 323 Å². The first kappa shape index (κ1) is 78.1. The largest absolute Gasteiger partial charge is 0.462 e. The van der Waals surface area contributed by atoms with E-state index in [4.69, 9.17) is 14.2 Å². The molecule has 0 aliphatic carbocycles. The summed E-state index contributed by atoms with van der Waals surface area (Å²) in [6, 6.07) is 0. The Hall–Kier alpha value is -3.93. The highest BCUT2D eigenvalue weighted by molar-refractivity contribution is 5.71. The number of hydrogen-bond donors (Lipinski definition) is 0. The molecule has 1 atom stereocenters. The Bertz CT molecular complexity index is 1640. The van der Waals surface area contributed by atoms with E-state index in [1.54, 1.807) is 0 Å². The molecule has 0 bridgehead atoms. The van der Waals surface area contributed by atoms with E-state index in [9.17, 15) is 14.4 Å². The van der Waals surface area contributed by atoms with Gasteiger partial charge in [0.1, 0.15) is 13.2 Å². The van der Waals surface area contributed by atoms with Crippen LogP contribution in [0.2, 0.25) is 0 Å². The molecule has 0 aromatic heterocycles. The molecule has 0 amide bonds. The molecule has 0 aromatic rings. The molecule has 0 radical (unpaired) electrons. The maximum absolute atomic E-state index is 12.9. The minimum Gasteiger partial charge on any atom is -0.462 e. The van der Waals surface area contributed by atoms with Crippen molar-refractivity contribution in [1.82, 2.24) is 0 Å². The van der Waals surface area contributed by atoms with Gasteiger partial charge in [-0.05, 0) is 103 Å². The molecule has 0 spiro atoms. The molecule has 6 nitrogen and oxygen atoms in total. The van der Waals surface area contributed by atoms with Crippen LogP contribution in [0.5, 0.6) is 0 Å². The van der Waals surface area contributed by atoms with Gasteiger partial charge in [0, 0.05) is 19.3 Å². The summed E-state index contributed by atoms with van der Waals surface area (Å²) >= 11 is 0. The van der Waals surface area contributed by atoms with Crippen molar-refractivity contribution in [3.8, 4) is 0 Å². The van der Waals surface area contributed by atoms with Crippen LogP contribution < -0.4 is 0 Å². The quantitative estimate of drug-likeness (QED) is 0.0261. The van der Waals surface area contributed by atoms with Gasteiger partial charge in [-0.15, -0.1) is 0 Å². The van der Waals surface area contributed by atoms with Crippen molar-refractivity contribution in [2.24, 2.45) is 0 Å². The molecule has 0 saturated heterocycles. The predicted octanol–water partition coefficient (Wildman–Crippen LogP) is 24.2. The number of carbonyl (C=O) groups excluding carboxylic acids is 3. The van der Waals surface area contributed by atoms with E-state index >= 15 is 0 Å². The number of rotatable bonds is 63. The second kappa shape index (κ2) is 69.6. The fourth-order valence-electron chi connectivity index (χ4n) is 9.88. The fourth-order valence-corrected chi connectivity index (χ4v) is 9.88. The summed E-state index contributed by atoms with van der Waals surface area (Å²) in [6.07, 6.45) is 95.9. The van der Waals surface area contributed by atoms with Crippen LogP contribution in [0, 0.1) is 0 Å². The third kappa shape index (κ3) is 66.9. The van der Waals surface area contributed by atoms with Crippen molar-refractivity contribution in [2.75, 3.05) is 13.2 Å². The summed E-state index contributed by atoms with van der Waals surface area (Å²) in [4.78, 5) is 38.1. The number of allylic oxidation sites excluding steroid dienone is 18. The summed E-state index contributed by atoms with van der Waals surface area (Å²) in [6.45, 7) is 6.38. The van der Waals surface area contributed by atoms with Crippen molar-refractivity contribution in [1.29, 1.82) is 0 Å². The van der Waals surface area contributed by atoms with E-state index in [0.29, 0.717) is 19.3 Å². The first-order chi connectivity index (χ1) is 40.5. The Balaban J connectivity index is 3.98. The Kier molecular flexibility index (Phi) is 66.2. The lowest BCUT2D eigenvalue weighted by atomic mass is 10.0. The summed E-state index contributed by atoms with van der Waals surface area (Å²) < 4.78 is 16.8. The lowest BCUT2D eigenvalue weighted by Crippen LogP contribution is -2.30. The highest BCUT2D eigenvalue weighted by Crippen LogP contribution is 2.17. The summed E-state index contributed by atoms with van der Waals surface area (Å²) in [7, 11) is 0. The molecule has 0 heterocycles. The summed E-state index contributed by atoms with van der Waals surface area (Å²) in [5.41, 5.74) is 0. The molecule has 82 heavy (non-hydrogen) atoms. The summed E-state index contributed by atoms with van der Waals surface area (Å²) in [5.74, 6) is -0.877. The van der Waals surface area contributed by atoms with Crippen molar-refractivity contribution < 1.29 is 28.6 Å². The average molecular weight is 1140 g/mol. The third-order valence-electron chi connectivity index (χ3n) is 15.0. The topological polar surface area (TPSA) is 78.9 Å². The maximum atomic E-state index is 12.9. The fraction of sp³-hybridized carbons (Fsp3) is 0.724. The van der Waals surface area contributed by atoms with E-state index in [1.165, 1.54) is 180 Å². The van der Waals surface area contributed by atoms with E-state index in [0.717, 1.165) is 116 Å². The van der Waals surface area contributed by atoms with Gasteiger partial charge in [0.25, 0.3) is 0 Å². The molecule has 6 heteroatoms. The molecule has 470 valence electrons. The first-order valence-electron chi connectivity index (χ1n) is 34.9. The van der Waals surface area contributed by atoms with Crippen LogP contribution in [0.4, 0.5) is 0 Å². The maximum Gasteiger partial charge on any atom is 0.306 e. The summed E-state index contributed by atoms with van der Waals surface area (Å²) in [5, 5.41) is 0. The first-order valence-corrected chi connectivity index (χ1v) is 34.9. The Morgan fingerprint density at radius 2 is 0.476 bits per heavy atom. The molecule has 0 fully saturated rings. The highest BCUT2D eigenvalue weighted by atomic mass is 16.6. The van der Waals surface area contributed by atoms with Crippen LogP contribution in [-0.4, -0.2) is 37.2 Å². The Morgan fingerprint density at radius 1 is 0.256 bits per heavy atom. The van der Waals surface area contributed by atoms with Crippen LogP contribution in [0.3, 0.4) is 0 Å². The molecule has 0 saturated carbocycles. The van der Waals surface area contributed by atoms with E-state index < -0.39 is 6.10 Å². The van der Waals surface area contributed by atoms with E-state index in [-0.39, 0.29) is 31.1 Å². The zero-order valence-electron chi connectivity index (χ0n) is 54.0. The zero-order valence-corrected chi connectivity index (χ0v) is 54.0. The van der Waals surface area contributed by atoms with Crippen LogP contribution in [-0.2, 0) is 28.6 Å². The zero-order chi connectivity index (χ0) is 59.2. The Labute approximate surface area is 508 Å². The molecule has 0 aliphatic rings. The second-order valence-electron chi connectivity index (χ2n) is 23.0. The van der Waals surface area contributed by atoms with Gasteiger partial charge < -0.3 is 14.2 Å². The Morgan fingerprint density at radius 3 is 0.744 bits per heavy atom. The van der Waals surface area contributed by atoms with Gasteiger partial charge in [-0.2, -0.15) is 0 Å². The number of unbranched alkanes of at least 4 members (excludes halogenated alkanes) is 34. The van der Waals surface area contributed by atoms with Crippen molar-refractivity contribution in [3.63, 3.8) is 0 Å². The molecular weight excluding hydrogens is 1010 g/mol. The van der Waals surface area contributed by atoms with Crippen LogP contribution in [0.1, 0.15) is 335 Å². The third-order valence-corrected chi connectivity index (χ3v) is 15.0. The van der Waals surface area contributed by atoms with Crippen molar-refractivity contribution in [3.05, 3.63) is 109 Å². The predicted molar refractivity (Wildman–Crippen MR) is 357 cm³/mol. The SMILES string of the molecule is CC/C=C\C/C=C\C/C=C\C/C=C\C/C=C\CCCCCCCCCCCCCCCCCCCCCC(=O)OCC(COC(=O)CCCCCCCC)OC(=O)CCCCCCCCCCCC/C=C\C/C=C\C/C=C\C/C=C\CC. The smallest absolute Gasteiger partial charge is 0.306 e. The van der Waals surface area contributed by atoms with Crippen molar-refractivity contribution >= 4 is 17.9 Å². The number of esters is 3. The molecular formula is C76H130O6. The highest BCUT2D eigenvalue weighted by Gasteiger charge is 2.19. The van der Waals surface area contributed by atoms with Gasteiger partial charge in [0.2, 0.25) is 0 Å². The number of carbonyl (C=O) groups is 3. The number of ether oxygens (including phenoxy) is 3. The van der Waals surface area contributed by atoms with Crippen LogP contribution >= 0.6 is 0 Å². The molecule has 0 aromatic carbocycles. The van der Waals surface area contributed by atoms with Crippen LogP contribution in [0.25, 0.3) is 0 Å². The standard InChI is InChI=1S/C76H130O6/c1-4-7-10-13-16-18-20-22-24-26-28-30-32-33-34-35-36-37-38-39-40-41-42-43-45-46-48-50-52-54-56-58-60-63-66-69-75(78)81-72-73(71-80-74(77)68-65-62-15-12-9-6-3)82-76(79)70-67-64-61-59-57-55-53-51-49-47-44-31-29-27-25-23-21-19-17-14-11-8-5-2/h7-8,10-11,16-19,22-25,28-31,33-34,73H,4-6,9,12-15,20-21,26-27,32,35-72H2,1-3H3/b10-7-,11-8-,18-16-,19-17-,24-22-,25-23-,30-28-,31-29-,34-33-. The van der Waals surface area contributed by atoms with Gasteiger partial charge in [0.05, 0.1) is 0 Å². The van der Waals surface area contributed by atoms with Gasteiger partial charge in [-0.25, -0.2) is 0 Å². The van der Waals surface area contributed by atoms with E-state index in [1.807, 2.05) is 0 Å². The molecule has 0 aliphatic heterocycles. The van der Waals surface area contributed by atoms with Gasteiger partial charge in [-0.3, -0.25) is 14.4 Å². The normalized spacial score (nSPS) is 12.8. The van der Waals surface area contributed by atoms with Gasteiger partial charge >= 0.3 is 17.9 Å². The van der Waals surface area contributed by atoms with Gasteiger partial charge in [0.15, 0.2) is 6.10 Å². The lowest BCUT2D eigenvalue weighted by molar-refractivity contribution is -0.167. The number of hydrogen-bond acceptors (Lipinski definition) is 6. The van der Waals surface area contributed by atoms with E-state index in [2.05, 4.69) is 130 Å². The molecule has 0 rings (SSSR count). The minimum absolute atomic E-state index is 0.0758. The molecule has 0 N–H and O–H groups in total. The van der Waals surface area contributed by atoms with Crippen molar-refractivity contribution in [2.45, 2.75) is 341 Å².